The third kappa shape index (κ3) is 2.50. The molecular weight excluding hydrogens is 194 g/mol. The summed E-state index contributed by atoms with van der Waals surface area (Å²) < 4.78 is 17.4. The smallest absolute Gasteiger partial charge is 0.192 e. The van der Waals surface area contributed by atoms with Crippen molar-refractivity contribution >= 4 is 0 Å². The zero-order chi connectivity index (χ0) is 10.7. The SMILES string of the molecule is CC1(C2CCCCO2)OCC(CCN)O1. The van der Waals surface area contributed by atoms with Crippen LogP contribution >= 0.6 is 0 Å². The fourth-order valence-electron chi connectivity index (χ4n) is 2.31. The molecule has 15 heavy (non-hydrogen) atoms. The highest BCUT2D eigenvalue weighted by molar-refractivity contribution is 4.84. The van der Waals surface area contributed by atoms with Gasteiger partial charge in [-0.3, -0.25) is 0 Å². The van der Waals surface area contributed by atoms with E-state index in [-0.39, 0.29) is 12.2 Å². The maximum absolute atomic E-state index is 5.90. The van der Waals surface area contributed by atoms with Gasteiger partial charge >= 0.3 is 0 Å². The molecule has 0 aromatic heterocycles. The third-order valence-electron chi connectivity index (χ3n) is 3.21. The Labute approximate surface area is 91.1 Å². The predicted octanol–water partition coefficient (Wildman–Crippen LogP) is 1.04. The average molecular weight is 215 g/mol. The molecule has 2 fully saturated rings. The molecule has 3 unspecified atom stereocenters. The summed E-state index contributed by atoms with van der Waals surface area (Å²) in [6, 6.07) is 0. The van der Waals surface area contributed by atoms with E-state index in [2.05, 4.69) is 0 Å². The van der Waals surface area contributed by atoms with Crippen molar-refractivity contribution in [2.24, 2.45) is 5.73 Å². The maximum atomic E-state index is 5.90. The summed E-state index contributed by atoms with van der Waals surface area (Å²) in [6.07, 6.45) is 4.49. The highest BCUT2D eigenvalue weighted by Gasteiger charge is 2.44. The highest BCUT2D eigenvalue weighted by Crippen LogP contribution is 2.33. The molecule has 0 amide bonds. The fourth-order valence-corrected chi connectivity index (χ4v) is 2.31. The van der Waals surface area contributed by atoms with Crippen molar-refractivity contribution in [3.63, 3.8) is 0 Å². The van der Waals surface area contributed by atoms with Crippen molar-refractivity contribution in [3.8, 4) is 0 Å². The van der Waals surface area contributed by atoms with E-state index < -0.39 is 5.79 Å². The van der Waals surface area contributed by atoms with Crippen LogP contribution in [-0.4, -0.2) is 37.8 Å². The molecule has 2 saturated heterocycles. The van der Waals surface area contributed by atoms with E-state index >= 15 is 0 Å². The van der Waals surface area contributed by atoms with Gasteiger partial charge in [-0.15, -0.1) is 0 Å². The molecule has 0 radical (unpaired) electrons. The topological polar surface area (TPSA) is 53.7 Å². The molecule has 2 aliphatic rings. The van der Waals surface area contributed by atoms with Gasteiger partial charge in [0.1, 0.15) is 6.10 Å². The molecule has 4 nitrogen and oxygen atoms in total. The Balaban J connectivity index is 1.89. The van der Waals surface area contributed by atoms with E-state index in [4.69, 9.17) is 19.9 Å². The Bertz CT molecular complexity index is 206. The molecule has 2 aliphatic heterocycles. The molecule has 0 aliphatic carbocycles. The van der Waals surface area contributed by atoms with Crippen LogP contribution in [-0.2, 0) is 14.2 Å². The monoisotopic (exact) mass is 215 g/mol. The first-order valence-corrected chi connectivity index (χ1v) is 5.88. The zero-order valence-corrected chi connectivity index (χ0v) is 9.41. The summed E-state index contributed by atoms with van der Waals surface area (Å²) in [4.78, 5) is 0. The Morgan fingerprint density at radius 3 is 2.93 bits per heavy atom. The molecule has 0 aromatic carbocycles. The number of hydrogen-bond donors (Lipinski definition) is 1. The standard InChI is InChI=1S/C11H21NO3/c1-11(10-4-2-3-7-13-10)14-8-9(15-11)5-6-12/h9-10H,2-8,12H2,1H3. The molecule has 88 valence electrons. The number of rotatable bonds is 3. The summed E-state index contributed by atoms with van der Waals surface area (Å²) in [5.74, 6) is -0.541. The third-order valence-corrected chi connectivity index (χ3v) is 3.21. The number of ether oxygens (including phenoxy) is 3. The summed E-state index contributed by atoms with van der Waals surface area (Å²) in [5, 5.41) is 0. The van der Waals surface area contributed by atoms with Gasteiger partial charge in [-0.1, -0.05) is 0 Å². The van der Waals surface area contributed by atoms with E-state index in [1.165, 1.54) is 6.42 Å². The van der Waals surface area contributed by atoms with Gasteiger partial charge in [-0.2, -0.15) is 0 Å². The molecule has 2 heterocycles. The average Bonchev–Trinajstić information content (AvgIpc) is 2.64. The van der Waals surface area contributed by atoms with Crippen molar-refractivity contribution in [1.82, 2.24) is 0 Å². The lowest BCUT2D eigenvalue weighted by atomic mass is 10.0. The van der Waals surface area contributed by atoms with Gasteiger partial charge in [-0.05, 0) is 39.2 Å². The first kappa shape index (κ1) is 11.3. The summed E-state index contributed by atoms with van der Waals surface area (Å²) >= 11 is 0. The lowest BCUT2D eigenvalue weighted by Gasteiger charge is -2.35. The van der Waals surface area contributed by atoms with E-state index in [1.54, 1.807) is 0 Å². The van der Waals surface area contributed by atoms with Gasteiger partial charge in [0.15, 0.2) is 5.79 Å². The Kier molecular flexibility index (Phi) is 3.61. The number of nitrogens with two attached hydrogens (primary N) is 1. The minimum absolute atomic E-state index is 0.0917. The summed E-state index contributed by atoms with van der Waals surface area (Å²) in [5.41, 5.74) is 5.51. The van der Waals surface area contributed by atoms with E-state index in [0.717, 1.165) is 25.9 Å². The largest absolute Gasteiger partial charge is 0.373 e. The normalized spacial score (nSPS) is 42.0. The van der Waals surface area contributed by atoms with Crippen molar-refractivity contribution in [1.29, 1.82) is 0 Å². The zero-order valence-electron chi connectivity index (χ0n) is 9.41. The molecule has 0 bridgehead atoms. The Hall–Kier alpha value is -0.160. The van der Waals surface area contributed by atoms with Crippen LogP contribution in [0.2, 0.25) is 0 Å². The lowest BCUT2D eigenvalue weighted by Crippen LogP contribution is -2.44. The first-order valence-electron chi connectivity index (χ1n) is 5.88. The van der Waals surface area contributed by atoms with Crippen LogP contribution in [0.5, 0.6) is 0 Å². The molecule has 0 aromatic rings. The second-order valence-corrected chi connectivity index (χ2v) is 4.50. The van der Waals surface area contributed by atoms with Crippen LogP contribution in [0.3, 0.4) is 0 Å². The molecule has 4 heteroatoms. The predicted molar refractivity (Wildman–Crippen MR) is 56.5 cm³/mol. The van der Waals surface area contributed by atoms with Crippen LogP contribution in [0, 0.1) is 0 Å². The van der Waals surface area contributed by atoms with Crippen LogP contribution in [0.15, 0.2) is 0 Å². The second-order valence-electron chi connectivity index (χ2n) is 4.50. The molecule has 3 atom stereocenters. The van der Waals surface area contributed by atoms with Crippen molar-refractivity contribution in [2.75, 3.05) is 19.8 Å². The minimum Gasteiger partial charge on any atom is -0.373 e. The van der Waals surface area contributed by atoms with Gasteiger partial charge in [0.05, 0.1) is 12.7 Å². The van der Waals surface area contributed by atoms with Crippen LogP contribution < -0.4 is 5.73 Å². The van der Waals surface area contributed by atoms with Gasteiger partial charge in [0.2, 0.25) is 0 Å². The van der Waals surface area contributed by atoms with Gasteiger partial charge in [0.25, 0.3) is 0 Å². The fraction of sp³-hybridized carbons (Fsp3) is 1.00. The number of hydrogen-bond acceptors (Lipinski definition) is 4. The summed E-state index contributed by atoms with van der Waals surface area (Å²) in [6.45, 7) is 4.11. The first-order chi connectivity index (χ1) is 7.24. The van der Waals surface area contributed by atoms with E-state index in [9.17, 15) is 0 Å². The maximum Gasteiger partial charge on any atom is 0.192 e. The molecule has 0 spiro atoms. The van der Waals surface area contributed by atoms with Crippen molar-refractivity contribution in [2.45, 2.75) is 50.6 Å². The molecular formula is C11H21NO3. The van der Waals surface area contributed by atoms with Crippen LogP contribution in [0.1, 0.15) is 32.6 Å². The Morgan fingerprint density at radius 1 is 1.40 bits per heavy atom. The van der Waals surface area contributed by atoms with Gasteiger partial charge in [0, 0.05) is 6.61 Å². The quantitative estimate of drug-likeness (QED) is 0.764. The molecule has 0 saturated carbocycles. The van der Waals surface area contributed by atoms with Crippen LogP contribution in [0.4, 0.5) is 0 Å². The second kappa shape index (κ2) is 4.78. The van der Waals surface area contributed by atoms with Crippen LogP contribution in [0.25, 0.3) is 0 Å². The molecule has 2 rings (SSSR count). The van der Waals surface area contributed by atoms with E-state index in [1.807, 2.05) is 6.92 Å². The lowest BCUT2D eigenvalue weighted by molar-refractivity contribution is -0.238. The summed E-state index contributed by atoms with van der Waals surface area (Å²) in [7, 11) is 0. The van der Waals surface area contributed by atoms with Gasteiger partial charge < -0.3 is 19.9 Å². The van der Waals surface area contributed by atoms with Gasteiger partial charge in [-0.25, -0.2) is 0 Å². The Morgan fingerprint density at radius 2 is 2.27 bits per heavy atom. The minimum atomic E-state index is -0.541. The van der Waals surface area contributed by atoms with Crippen molar-refractivity contribution < 1.29 is 14.2 Å². The van der Waals surface area contributed by atoms with E-state index in [0.29, 0.717) is 13.2 Å². The highest BCUT2D eigenvalue weighted by atomic mass is 16.8. The van der Waals surface area contributed by atoms with Crippen molar-refractivity contribution in [3.05, 3.63) is 0 Å². The molecule has 2 N–H and O–H groups in total.